The summed E-state index contributed by atoms with van der Waals surface area (Å²) < 4.78 is 4.33. The molecular formula is C23H17N5O. The molecule has 6 heteroatoms. The van der Waals surface area contributed by atoms with E-state index in [-0.39, 0.29) is 0 Å². The lowest BCUT2D eigenvalue weighted by molar-refractivity contribution is 0.420. The molecule has 6 nitrogen and oxygen atoms in total. The van der Waals surface area contributed by atoms with Crippen molar-refractivity contribution in [3.05, 3.63) is 89.8 Å². The van der Waals surface area contributed by atoms with Crippen molar-refractivity contribution in [2.45, 2.75) is 0 Å². The van der Waals surface area contributed by atoms with Crippen molar-refractivity contribution in [2.75, 3.05) is 0 Å². The van der Waals surface area contributed by atoms with Crippen LogP contribution in [-0.2, 0) is 0 Å². The third kappa shape index (κ3) is 4.06. The fourth-order valence-corrected chi connectivity index (χ4v) is 3.12. The van der Waals surface area contributed by atoms with Gasteiger partial charge in [0.2, 0.25) is 0 Å². The van der Waals surface area contributed by atoms with Crippen molar-refractivity contribution in [2.24, 2.45) is 0 Å². The van der Waals surface area contributed by atoms with Crippen LogP contribution in [0.3, 0.4) is 0 Å². The summed E-state index contributed by atoms with van der Waals surface area (Å²) in [7, 11) is 0. The van der Waals surface area contributed by atoms with Crippen LogP contribution in [0.15, 0.2) is 71.6 Å². The van der Waals surface area contributed by atoms with Crippen LogP contribution in [0.1, 0.15) is 22.8 Å². The first-order valence-corrected chi connectivity index (χ1v) is 9.19. The van der Waals surface area contributed by atoms with Crippen LogP contribution in [0.4, 0.5) is 0 Å². The second-order valence-electron chi connectivity index (χ2n) is 6.59. The average Bonchev–Trinajstić information content (AvgIpc) is 3.50. The third-order valence-corrected chi connectivity index (χ3v) is 4.39. The molecule has 140 valence electrons. The topological polar surface area (TPSA) is 83.4 Å². The van der Waals surface area contributed by atoms with Gasteiger partial charge in [0.1, 0.15) is 6.26 Å². The molecule has 2 aliphatic heterocycles. The molecule has 0 unspecified atom stereocenters. The number of nitrogens with zero attached hydrogens (tertiary/aromatic N) is 3. The van der Waals surface area contributed by atoms with E-state index in [1.165, 1.54) is 6.26 Å². The zero-order chi connectivity index (χ0) is 19.5. The molecule has 0 fully saturated rings. The first kappa shape index (κ1) is 16.9. The number of aromatic nitrogens is 5. The zero-order valence-corrected chi connectivity index (χ0v) is 15.4. The SMILES string of the molecule is C1=Cc2cc3ccc(cc4ccc(cc5nc(cc1n2)C=C5)[nH]4)[nH]3.c1cnoc1. The van der Waals surface area contributed by atoms with Gasteiger partial charge in [-0.2, -0.15) is 0 Å². The number of aromatic amines is 2. The van der Waals surface area contributed by atoms with Gasteiger partial charge in [-0.05, 0) is 78.9 Å². The Kier molecular flexibility index (Phi) is 4.35. The summed E-state index contributed by atoms with van der Waals surface area (Å²) in [6.45, 7) is 0. The van der Waals surface area contributed by atoms with Gasteiger partial charge in [-0.25, -0.2) is 9.97 Å². The monoisotopic (exact) mass is 379 g/mol. The smallest absolute Gasteiger partial charge is 0.123 e. The van der Waals surface area contributed by atoms with Gasteiger partial charge in [0.05, 0.1) is 29.0 Å². The van der Waals surface area contributed by atoms with E-state index in [0.29, 0.717) is 0 Å². The van der Waals surface area contributed by atoms with Crippen LogP contribution < -0.4 is 0 Å². The van der Waals surface area contributed by atoms with Crippen molar-refractivity contribution >= 4 is 46.4 Å². The lowest BCUT2D eigenvalue weighted by Crippen LogP contribution is -1.77. The number of hydrogen-bond donors (Lipinski definition) is 2. The Hall–Kier alpha value is -4.19. The predicted octanol–water partition coefficient (Wildman–Crippen LogP) is 5.33. The standard InChI is InChI=1S/C20H14N4.C3H3NO/c1-2-14-10-16-5-6-18(23-16)12-20-8-7-19(24-20)11-17-4-3-15(22-17)9-13(1)21-14;1-2-4-5-3-1/h1-12,21-22H;1-3H. The van der Waals surface area contributed by atoms with E-state index in [0.717, 1.165) is 44.8 Å². The van der Waals surface area contributed by atoms with E-state index < -0.39 is 0 Å². The Balaban J connectivity index is 0.000000319. The van der Waals surface area contributed by atoms with Crippen LogP contribution in [-0.4, -0.2) is 25.1 Å². The molecule has 4 aromatic heterocycles. The molecule has 6 heterocycles. The minimum Gasteiger partial charge on any atom is -0.365 e. The second kappa shape index (κ2) is 7.44. The van der Waals surface area contributed by atoms with E-state index in [2.05, 4.69) is 59.9 Å². The van der Waals surface area contributed by atoms with Gasteiger partial charge in [-0.1, -0.05) is 5.16 Å². The van der Waals surface area contributed by atoms with Gasteiger partial charge in [0.25, 0.3) is 0 Å². The van der Waals surface area contributed by atoms with E-state index in [1.54, 1.807) is 12.3 Å². The second-order valence-corrected chi connectivity index (χ2v) is 6.59. The molecule has 6 rings (SSSR count). The summed E-state index contributed by atoms with van der Waals surface area (Å²) in [6, 6.07) is 18.1. The molecular weight excluding hydrogens is 362 g/mol. The zero-order valence-electron chi connectivity index (χ0n) is 15.4. The Morgan fingerprint density at radius 2 is 1.07 bits per heavy atom. The van der Waals surface area contributed by atoms with Crippen molar-refractivity contribution in [3.63, 3.8) is 0 Å². The van der Waals surface area contributed by atoms with Gasteiger partial charge in [-0.15, -0.1) is 0 Å². The van der Waals surface area contributed by atoms with E-state index in [9.17, 15) is 0 Å². The fourth-order valence-electron chi connectivity index (χ4n) is 3.12. The highest BCUT2D eigenvalue weighted by Crippen LogP contribution is 2.17. The highest BCUT2D eigenvalue weighted by atomic mass is 16.5. The number of rotatable bonds is 0. The van der Waals surface area contributed by atoms with Crippen LogP contribution >= 0.6 is 0 Å². The number of nitrogens with one attached hydrogen (secondary N) is 2. The molecule has 2 aliphatic rings. The van der Waals surface area contributed by atoms with Gasteiger partial charge in [-0.3, -0.25) is 0 Å². The molecule has 0 aliphatic carbocycles. The van der Waals surface area contributed by atoms with Crippen LogP contribution in [0.2, 0.25) is 0 Å². The van der Waals surface area contributed by atoms with Crippen molar-refractivity contribution in [1.82, 2.24) is 25.1 Å². The predicted molar refractivity (Wildman–Crippen MR) is 115 cm³/mol. The lowest BCUT2D eigenvalue weighted by Gasteiger charge is -1.86. The Morgan fingerprint density at radius 1 is 0.586 bits per heavy atom. The maximum absolute atomic E-state index is 4.62. The maximum atomic E-state index is 4.62. The minimum absolute atomic E-state index is 0.915. The largest absolute Gasteiger partial charge is 0.365 e. The fraction of sp³-hybridized carbons (Fsp3) is 0. The first-order valence-electron chi connectivity index (χ1n) is 9.19. The summed E-state index contributed by atoms with van der Waals surface area (Å²) in [5, 5.41) is 3.35. The van der Waals surface area contributed by atoms with Crippen molar-refractivity contribution < 1.29 is 4.52 Å². The summed E-state index contributed by atoms with van der Waals surface area (Å²) in [6.07, 6.45) is 11.1. The number of H-pyrrole nitrogens is 2. The highest BCUT2D eigenvalue weighted by molar-refractivity contribution is 5.77. The Labute approximate surface area is 166 Å². The molecule has 0 atom stereocenters. The summed E-state index contributed by atoms with van der Waals surface area (Å²) in [5.74, 6) is 0. The molecule has 0 aromatic carbocycles. The average molecular weight is 379 g/mol. The normalized spacial score (nSPS) is 11.9. The van der Waals surface area contributed by atoms with Gasteiger partial charge in [0.15, 0.2) is 0 Å². The molecule has 0 amide bonds. The molecule has 0 saturated carbocycles. The Morgan fingerprint density at radius 3 is 1.48 bits per heavy atom. The van der Waals surface area contributed by atoms with Crippen molar-refractivity contribution in [3.8, 4) is 0 Å². The minimum atomic E-state index is 0.915. The van der Waals surface area contributed by atoms with E-state index in [1.807, 2.05) is 42.5 Å². The number of fused-ring (bicyclic) bond motifs is 8. The van der Waals surface area contributed by atoms with E-state index in [4.69, 9.17) is 0 Å². The van der Waals surface area contributed by atoms with Gasteiger partial charge >= 0.3 is 0 Å². The van der Waals surface area contributed by atoms with E-state index >= 15 is 0 Å². The Bertz CT molecular complexity index is 1250. The lowest BCUT2D eigenvalue weighted by atomic mass is 10.3. The molecule has 0 radical (unpaired) electrons. The van der Waals surface area contributed by atoms with Gasteiger partial charge in [0, 0.05) is 22.1 Å². The van der Waals surface area contributed by atoms with Crippen LogP contribution in [0, 0.1) is 0 Å². The highest BCUT2D eigenvalue weighted by Gasteiger charge is 2.02. The molecule has 2 N–H and O–H groups in total. The molecule has 29 heavy (non-hydrogen) atoms. The summed E-state index contributed by atoms with van der Waals surface area (Å²) in [5.41, 5.74) is 7.86. The number of hydrogen-bond acceptors (Lipinski definition) is 4. The first-order chi connectivity index (χ1) is 14.3. The molecule has 0 saturated heterocycles. The summed E-state index contributed by atoms with van der Waals surface area (Å²) in [4.78, 5) is 16.0. The van der Waals surface area contributed by atoms with Crippen molar-refractivity contribution in [1.29, 1.82) is 0 Å². The quantitative estimate of drug-likeness (QED) is 0.374. The molecule has 8 bridgehead atoms. The third-order valence-electron chi connectivity index (χ3n) is 4.39. The molecule has 4 aromatic rings. The maximum Gasteiger partial charge on any atom is 0.123 e. The van der Waals surface area contributed by atoms with Gasteiger partial charge < -0.3 is 14.5 Å². The van der Waals surface area contributed by atoms with Crippen LogP contribution in [0.25, 0.3) is 46.4 Å². The molecule has 0 spiro atoms. The van der Waals surface area contributed by atoms with Crippen LogP contribution in [0.5, 0.6) is 0 Å². The summed E-state index contributed by atoms with van der Waals surface area (Å²) >= 11 is 0.